The number of rotatable bonds is 9. The second-order valence-electron chi connectivity index (χ2n) is 4.11. The van der Waals surface area contributed by atoms with Crippen LogP contribution in [0.25, 0.3) is 0 Å². The predicted molar refractivity (Wildman–Crippen MR) is 77.8 cm³/mol. The number of nitrogens with one attached hydrogen (secondary N) is 1. The number of nitrogens with zero attached hydrogens (tertiary/aromatic N) is 4. The second-order valence-corrected chi connectivity index (χ2v) is 4.45. The molecule has 1 heterocycles. The molecule has 1 aromatic heterocycles. The van der Waals surface area contributed by atoms with Gasteiger partial charge in [0.1, 0.15) is 0 Å². The van der Waals surface area contributed by atoms with Crippen LogP contribution in [0.15, 0.2) is 0 Å². The summed E-state index contributed by atoms with van der Waals surface area (Å²) in [5.41, 5.74) is 0. The van der Waals surface area contributed by atoms with Crippen LogP contribution in [0.5, 0.6) is 0 Å². The lowest BCUT2D eigenvalue weighted by atomic mass is 10.2. The van der Waals surface area contributed by atoms with E-state index in [4.69, 9.17) is 16.7 Å². The predicted octanol–water partition coefficient (Wildman–Crippen LogP) is 1.95. The zero-order chi connectivity index (χ0) is 14.1. The van der Waals surface area contributed by atoms with Crippen LogP contribution in [0.3, 0.4) is 0 Å². The molecular weight excluding hydrogens is 266 g/mol. The first-order valence-electron chi connectivity index (χ1n) is 6.72. The van der Waals surface area contributed by atoms with E-state index in [1.807, 2.05) is 18.7 Å². The Bertz CT molecular complexity index is 373. The zero-order valence-corrected chi connectivity index (χ0v) is 12.3. The fourth-order valence-electron chi connectivity index (χ4n) is 1.68. The van der Waals surface area contributed by atoms with E-state index >= 15 is 0 Å². The van der Waals surface area contributed by atoms with Crippen LogP contribution < -0.4 is 10.2 Å². The Kier molecular flexibility index (Phi) is 7.43. The minimum Gasteiger partial charge on any atom is -0.396 e. The highest BCUT2D eigenvalue weighted by Gasteiger charge is 2.09. The lowest BCUT2D eigenvalue weighted by molar-refractivity contribution is 0.283. The molecule has 0 aromatic carbocycles. The Hall–Kier alpha value is -1.14. The molecule has 0 amide bonds. The molecule has 0 radical (unpaired) electrons. The van der Waals surface area contributed by atoms with Gasteiger partial charge in [0.2, 0.25) is 17.2 Å². The van der Waals surface area contributed by atoms with E-state index in [0.29, 0.717) is 11.9 Å². The van der Waals surface area contributed by atoms with Crippen LogP contribution >= 0.6 is 11.6 Å². The van der Waals surface area contributed by atoms with E-state index in [-0.39, 0.29) is 11.9 Å². The highest BCUT2D eigenvalue weighted by Crippen LogP contribution is 2.13. The number of aliphatic hydroxyl groups is 1. The van der Waals surface area contributed by atoms with Gasteiger partial charge in [-0.1, -0.05) is 0 Å². The molecule has 0 bridgehead atoms. The molecule has 0 aliphatic heterocycles. The molecule has 0 spiro atoms. The maximum absolute atomic E-state index is 8.69. The quantitative estimate of drug-likeness (QED) is 0.676. The molecule has 0 unspecified atom stereocenters. The largest absolute Gasteiger partial charge is 0.396 e. The molecule has 1 rings (SSSR count). The van der Waals surface area contributed by atoms with E-state index in [1.165, 1.54) is 0 Å². The lowest BCUT2D eigenvalue weighted by Crippen LogP contribution is -2.25. The number of unbranched alkanes of at least 4 members (excludes halogenated alkanes) is 2. The van der Waals surface area contributed by atoms with E-state index < -0.39 is 0 Å². The first-order valence-corrected chi connectivity index (χ1v) is 7.10. The van der Waals surface area contributed by atoms with Crippen LogP contribution in [0.4, 0.5) is 11.9 Å². The molecule has 0 aliphatic rings. The second kappa shape index (κ2) is 8.87. The third-order valence-corrected chi connectivity index (χ3v) is 2.93. The van der Waals surface area contributed by atoms with Crippen molar-refractivity contribution >= 4 is 23.5 Å². The third-order valence-electron chi connectivity index (χ3n) is 2.76. The van der Waals surface area contributed by atoms with E-state index in [1.54, 1.807) is 0 Å². The summed E-state index contributed by atoms with van der Waals surface area (Å²) in [5, 5.41) is 12.0. The van der Waals surface area contributed by atoms with Crippen LogP contribution in [-0.4, -0.2) is 46.3 Å². The van der Waals surface area contributed by atoms with Crippen LogP contribution in [0.1, 0.15) is 33.1 Å². The average Bonchev–Trinajstić information content (AvgIpc) is 2.39. The number of hydrogen-bond donors (Lipinski definition) is 2. The smallest absolute Gasteiger partial charge is 0.231 e. The van der Waals surface area contributed by atoms with Gasteiger partial charge >= 0.3 is 0 Å². The number of anilines is 2. The molecule has 2 N–H and O–H groups in total. The monoisotopic (exact) mass is 287 g/mol. The lowest BCUT2D eigenvalue weighted by Gasteiger charge is -2.18. The molecule has 108 valence electrons. The van der Waals surface area contributed by atoms with E-state index in [2.05, 4.69) is 20.3 Å². The summed E-state index contributed by atoms with van der Waals surface area (Å²) in [6.45, 7) is 6.74. The summed E-state index contributed by atoms with van der Waals surface area (Å²) in [4.78, 5) is 14.6. The van der Waals surface area contributed by atoms with Gasteiger partial charge in [-0.2, -0.15) is 15.0 Å². The van der Waals surface area contributed by atoms with Crippen molar-refractivity contribution in [3.63, 3.8) is 0 Å². The summed E-state index contributed by atoms with van der Waals surface area (Å²) in [6, 6.07) is 0. The minimum absolute atomic E-state index is 0.203. The Morgan fingerprint density at radius 1 is 1.11 bits per heavy atom. The standard InChI is InChI=1S/C12H22ClN5O/c1-3-18(4-2)12-16-10(13)15-11(17-12)14-8-6-5-7-9-19/h19H,3-9H2,1-2H3,(H,14,15,16,17). The van der Waals surface area contributed by atoms with Crippen molar-refractivity contribution in [3.8, 4) is 0 Å². The topological polar surface area (TPSA) is 74.2 Å². The molecule has 0 aliphatic carbocycles. The maximum Gasteiger partial charge on any atom is 0.231 e. The first-order chi connectivity index (χ1) is 9.21. The molecule has 0 fully saturated rings. The molecule has 7 heteroatoms. The highest BCUT2D eigenvalue weighted by atomic mass is 35.5. The van der Waals surface area contributed by atoms with Gasteiger partial charge in [0.15, 0.2) is 0 Å². The fourth-order valence-corrected chi connectivity index (χ4v) is 1.84. The van der Waals surface area contributed by atoms with Crippen molar-refractivity contribution in [1.82, 2.24) is 15.0 Å². The number of hydrogen-bond acceptors (Lipinski definition) is 6. The van der Waals surface area contributed by atoms with Gasteiger partial charge in [0.05, 0.1) is 0 Å². The normalized spacial score (nSPS) is 10.5. The van der Waals surface area contributed by atoms with Crippen LogP contribution in [-0.2, 0) is 0 Å². The molecule has 0 saturated heterocycles. The van der Waals surface area contributed by atoms with Crippen molar-refractivity contribution < 1.29 is 5.11 Å². The van der Waals surface area contributed by atoms with Gasteiger partial charge in [0, 0.05) is 26.2 Å². The minimum atomic E-state index is 0.203. The van der Waals surface area contributed by atoms with Crippen LogP contribution in [0, 0.1) is 0 Å². The number of aliphatic hydroxyl groups excluding tert-OH is 1. The fraction of sp³-hybridized carbons (Fsp3) is 0.750. The Balaban J connectivity index is 2.58. The van der Waals surface area contributed by atoms with Crippen molar-refractivity contribution in [2.24, 2.45) is 0 Å². The average molecular weight is 288 g/mol. The number of halogens is 1. The SMILES string of the molecule is CCN(CC)c1nc(Cl)nc(NCCCCCO)n1. The summed E-state index contributed by atoms with van der Waals surface area (Å²) in [7, 11) is 0. The molecule has 0 saturated carbocycles. The summed E-state index contributed by atoms with van der Waals surface area (Å²) in [6.07, 6.45) is 2.76. The molecule has 1 aromatic rings. The highest BCUT2D eigenvalue weighted by molar-refractivity contribution is 6.28. The molecular formula is C12H22ClN5O. The number of aromatic nitrogens is 3. The summed E-state index contributed by atoms with van der Waals surface area (Å²) < 4.78 is 0. The van der Waals surface area contributed by atoms with Crippen molar-refractivity contribution in [1.29, 1.82) is 0 Å². The Labute approximate surface area is 119 Å². The van der Waals surface area contributed by atoms with Gasteiger partial charge in [-0.3, -0.25) is 0 Å². The van der Waals surface area contributed by atoms with E-state index in [9.17, 15) is 0 Å². The van der Waals surface area contributed by atoms with Gasteiger partial charge < -0.3 is 15.3 Å². The zero-order valence-electron chi connectivity index (χ0n) is 11.6. The van der Waals surface area contributed by atoms with Gasteiger partial charge in [0.25, 0.3) is 0 Å². The Morgan fingerprint density at radius 3 is 2.47 bits per heavy atom. The van der Waals surface area contributed by atoms with Gasteiger partial charge in [-0.25, -0.2) is 0 Å². The van der Waals surface area contributed by atoms with Crippen molar-refractivity contribution in [2.75, 3.05) is 36.5 Å². The van der Waals surface area contributed by atoms with Crippen molar-refractivity contribution in [2.45, 2.75) is 33.1 Å². The van der Waals surface area contributed by atoms with Crippen LogP contribution in [0.2, 0.25) is 5.28 Å². The van der Waals surface area contributed by atoms with E-state index in [0.717, 1.165) is 38.9 Å². The summed E-state index contributed by atoms with van der Waals surface area (Å²) in [5.74, 6) is 1.11. The molecule has 19 heavy (non-hydrogen) atoms. The Morgan fingerprint density at radius 2 is 1.84 bits per heavy atom. The summed E-state index contributed by atoms with van der Waals surface area (Å²) >= 11 is 5.91. The van der Waals surface area contributed by atoms with Crippen molar-refractivity contribution in [3.05, 3.63) is 5.28 Å². The molecule has 0 atom stereocenters. The maximum atomic E-state index is 8.69. The molecule has 6 nitrogen and oxygen atoms in total. The van der Waals surface area contributed by atoms with Gasteiger partial charge in [-0.15, -0.1) is 0 Å². The third kappa shape index (κ3) is 5.57. The van der Waals surface area contributed by atoms with Gasteiger partial charge in [-0.05, 0) is 44.7 Å². The first kappa shape index (κ1) is 15.9.